The van der Waals surface area contributed by atoms with E-state index in [0.29, 0.717) is 18.1 Å². The van der Waals surface area contributed by atoms with Gasteiger partial charge in [-0.3, -0.25) is 0 Å². The van der Waals surface area contributed by atoms with Crippen molar-refractivity contribution in [3.8, 4) is 0 Å². The van der Waals surface area contributed by atoms with E-state index in [1.54, 1.807) is 0 Å². The number of hydrogen-bond donors (Lipinski definition) is 1. The van der Waals surface area contributed by atoms with Crippen molar-refractivity contribution in [2.24, 2.45) is 5.92 Å². The van der Waals surface area contributed by atoms with Crippen molar-refractivity contribution in [3.05, 3.63) is 35.9 Å². The lowest BCUT2D eigenvalue weighted by molar-refractivity contribution is 0.0774. The molecule has 1 fully saturated rings. The average Bonchev–Trinajstić information content (AvgIpc) is 2.89. The summed E-state index contributed by atoms with van der Waals surface area (Å²) in [4.78, 5) is 0. The first kappa shape index (κ1) is 13.6. The fourth-order valence-corrected chi connectivity index (χ4v) is 2.94. The molecule has 0 spiro atoms. The first-order valence-electron chi connectivity index (χ1n) is 7.26. The molecule has 1 aliphatic rings. The van der Waals surface area contributed by atoms with Gasteiger partial charge in [0.1, 0.15) is 0 Å². The van der Waals surface area contributed by atoms with Crippen LogP contribution in [0.1, 0.15) is 44.7 Å². The molecule has 2 nitrogen and oxygen atoms in total. The summed E-state index contributed by atoms with van der Waals surface area (Å²) in [6.45, 7) is 6.44. The minimum absolute atomic E-state index is 0.416. The summed E-state index contributed by atoms with van der Waals surface area (Å²) in [5, 5.41) is 3.71. The Morgan fingerprint density at radius 3 is 2.72 bits per heavy atom. The molecule has 1 aromatic carbocycles. The second-order valence-electron chi connectivity index (χ2n) is 5.11. The second kappa shape index (κ2) is 6.91. The largest absolute Gasteiger partial charge is 0.378 e. The maximum Gasteiger partial charge on any atom is 0.0619 e. The van der Waals surface area contributed by atoms with Gasteiger partial charge in [0.05, 0.1) is 6.10 Å². The van der Waals surface area contributed by atoms with E-state index in [2.05, 4.69) is 49.5 Å². The first-order chi connectivity index (χ1) is 8.86. The van der Waals surface area contributed by atoms with Gasteiger partial charge in [-0.1, -0.05) is 44.2 Å². The van der Waals surface area contributed by atoms with E-state index in [9.17, 15) is 0 Å². The summed E-state index contributed by atoms with van der Waals surface area (Å²) in [7, 11) is 0. The lowest BCUT2D eigenvalue weighted by Crippen LogP contribution is -2.33. The van der Waals surface area contributed by atoms with E-state index in [1.165, 1.54) is 18.4 Å². The van der Waals surface area contributed by atoms with Gasteiger partial charge in [-0.25, -0.2) is 0 Å². The highest BCUT2D eigenvalue weighted by Gasteiger charge is 2.33. The topological polar surface area (TPSA) is 21.3 Å². The van der Waals surface area contributed by atoms with E-state index in [0.717, 1.165) is 19.6 Å². The number of ether oxygens (including phenoxy) is 1. The molecule has 0 saturated carbocycles. The maximum atomic E-state index is 5.86. The summed E-state index contributed by atoms with van der Waals surface area (Å²) in [6, 6.07) is 11.3. The Morgan fingerprint density at radius 2 is 2.06 bits per heavy atom. The van der Waals surface area contributed by atoms with E-state index < -0.39 is 0 Å². The molecule has 1 aromatic rings. The molecule has 0 radical (unpaired) electrons. The van der Waals surface area contributed by atoms with E-state index in [-0.39, 0.29) is 0 Å². The molecule has 3 unspecified atom stereocenters. The fraction of sp³-hybridized carbons (Fsp3) is 0.625. The molecule has 0 aromatic heterocycles. The number of rotatable bonds is 6. The van der Waals surface area contributed by atoms with Crippen molar-refractivity contribution in [1.29, 1.82) is 0 Å². The highest BCUT2D eigenvalue weighted by Crippen LogP contribution is 2.34. The van der Waals surface area contributed by atoms with Crippen LogP contribution in [-0.2, 0) is 4.74 Å². The van der Waals surface area contributed by atoms with Gasteiger partial charge in [-0.05, 0) is 31.4 Å². The summed E-state index contributed by atoms with van der Waals surface area (Å²) in [5.74, 6) is 0.615. The van der Waals surface area contributed by atoms with Gasteiger partial charge in [0.15, 0.2) is 0 Å². The van der Waals surface area contributed by atoms with Crippen molar-refractivity contribution in [1.82, 2.24) is 5.32 Å². The molecular formula is C16H25NO. The zero-order valence-electron chi connectivity index (χ0n) is 11.6. The predicted molar refractivity (Wildman–Crippen MR) is 75.6 cm³/mol. The lowest BCUT2D eigenvalue weighted by Gasteiger charge is -2.28. The van der Waals surface area contributed by atoms with E-state index >= 15 is 0 Å². The lowest BCUT2D eigenvalue weighted by atomic mass is 9.86. The Balaban J connectivity index is 2.14. The number of benzene rings is 1. The molecule has 0 bridgehead atoms. The van der Waals surface area contributed by atoms with Gasteiger partial charge < -0.3 is 10.1 Å². The van der Waals surface area contributed by atoms with Crippen LogP contribution < -0.4 is 5.32 Å². The Labute approximate surface area is 111 Å². The standard InChI is InChI=1S/C16H25NO/c1-3-11-17-16(13-8-6-5-7-9-13)14-10-12-18-15(14)4-2/h5-9,14-17H,3-4,10-12H2,1-2H3. The van der Waals surface area contributed by atoms with Crippen LogP contribution in [0.4, 0.5) is 0 Å². The molecule has 0 amide bonds. The van der Waals surface area contributed by atoms with E-state index in [1.807, 2.05) is 0 Å². The van der Waals surface area contributed by atoms with Crippen LogP contribution >= 0.6 is 0 Å². The first-order valence-corrected chi connectivity index (χ1v) is 7.26. The molecule has 1 aliphatic heterocycles. The molecule has 1 N–H and O–H groups in total. The molecule has 3 atom stereocenters. The quantitative estimate of drug-likeness (QED) is 0.830. The minimum Gasteiger partial charge on any atom is -0.378 e. The number of hydrogen-bond acceptors (Lipinski definition) is 2. The highest BCUT2D eigenvalue weighted by atomic mass is 16.5. The number of nitrogens with one attached hydrogen (secondary N) is 1. The molecule has 18 heavy (non-hydrogen) atoms. The van der Waals surface area contributed by atoms with Crippen LogP contribution in [0.25, 0.3) is 0 Å². The Morgan fingerprint density at radius 1 is 1.28 bits per heavy atom. The van der Waals surface area contributed by atoms with Crippen LogP contribution in [0.3, 0.4) is 0 Å². The molecule has 2 heteroatoms. The molecule has 1 heterocycles. The van der Waals surface area contributed by atoms with Crippen molar-refractivity contribution >= 4 is 0 Å². The van der Waals surface area contributed by atoms with Gasteiger partial charge in [-0.2, -0.15) is 0 Å². The molecular weight excluding hydrogens is 222 g/mol. The summed E-state index contributed by atoms with van der Waals surface area (Å²) >= 11 is 0. The third-order valence-corrected chi connectivity index (χ3v) is 3.86. The second-order valence-corrected chi connectivity index (χ2v) is 5.11. The molecule has 2 rings (SSSR count). The summed E-state index contributed by atoms with van der Waals surface area (Å²) in [5.41, 5.74) is 1.40. The monoisotopic (exact) mass is 247 g/mol. The van der Waals surface area contributed by atoms with E-state index in [4.69, 9.17) is 4.74 Å². The van der Waals surface area contributed by atoms with Crippen LogP contribution in [0.5, 0.6) is 0 Å². The van der Waals surface area contributed by atoms with Crippen LogP contribution in [-0.4, -0.2) is 19.3 Å². The maximum absolute atomic E-state index is 5.86. The smallest absolute Gasteiger partial charge is 0.0619 e. The van der Waals surface area contributed by atoms with Crippen molar-refractivity contribution in [2.75, 3.05) is 13.2 Å². The van der Waals surface area contributed by atoms with Crippen molar-refractivity contribution in [3.63, 3.8) is 0 Å². The van der Waals surface area contributed by atoms with Crippen LogP contribution in [0, 0.1) is 5.92 Å². The summed E-state index contributed by atoms with van der Waals surface area (Å²) in [6.07, 6.45) is 3.88. The minimum atomic E-state index is 0.416. The third kappa shape index (κ3) is 3.12. The fourth-order valence-electron chi connectivity index (χ4n) is 2.94. The van der Waals surface area contributed by atoms with Gasteiger partial charge >= 0.3 is 0 Å². The van der Waals surface area contributed by atoms with Gasteiger partial charge in [-0.15, -0.1) is 0 Å². The van der Waals surface area contributed by atoms with Gasteiger partial charge in [0.2, 0.25) is 0 Å². The van der Waals surface area contributed by atoms with Crippen LogP contribution in [0.15, 0.2) is 30.3 Å². The Kier molecular flexibility index (Phi) is 5.21. The normalized spacial score (nSPS) is 25.2. The Hall–Kier alpha value is -0.860. The molecule has 1 saturated heterocycles. The van der Waals surface area contributed by atoms with Gasteiger partial charge in [0.25, 0.3) is 0 Å². The Bertz CT molecular complexity index is 338. The summed E-state index contributed by atoms with van der Waals surface area (Å²) < 4.78 is 5.86. The predicted octanol–water partition coefficient (Wildman–Crippen LogP) is 3.54. The molecule has 0 aliphatic carbocycles. The van der Waals surface area contributed by atoms with Gasteiger partial charge in [0, 0.05) is 18.6 Å². The zero-order chi connectivity index (χ0) is 12.8. The average molecular weight is 247 g/mol. The SMILES string of the molecule is CCCNC(c1ccccc1)C1CCOC1CC. The van der Waals surface area contributed by atoms with Crippen molar-refractivity contribution < 1.29 is 4.74 Å². The molecule has 100 valence electrons. The van der Waals surface area contributed by atoms with Crippen molar-refractivity contribution in [2.45, 2.75) is 45.3 Å². The third-order valence-electron chi connectivity index (χ3n) is 3.86. The zero-order valence-corrected chi connectivity index (χ0v) is 11.6. The van der Waals surface area contributed by atoms with Crippen LogP contribution in [0.2, 0.25) is 0 Å². The highest BCUT2D eigenvalue weighted by molar-refractivity contribution is 5.20.